The number of rotatable bonds is 4. The molecular weight excluding hydrogens is 270 g/mol. The molecule has 4 heteroatoms. The van der Waals surface area contributed by atoms with Crippen molar-refractivity contribution in [3.05, 3.63) is 16.4 Å². The van der Waals surface area contributed by atoms with Crippen molar-refractivity contribution in [2.45, 2.75) is 70.8 Å². The maximum absolute atomic E-state index is 6.70. The number of hydrogen-bond donors (Lipinski definition) is 1. The molecule has 1 fully saturated rings. The molecule has 1 heterocycles. The quantitative estimate of drug-likeness (QED) is 0.854. The van der Waals surface area contributed by atoms with Gasteiger partial charge in [0.25, 0.3) is 0 Å². The first-order valence-corrected chi connectivity index (χ1v) is 8.30. The van der Waals surface area contributed by atoms with E-state index in [0.717, 1.165) is 41.6 Å². The van der Waals surface area contributed by atoms with Crippen molar-refractivity contribution in [1.29, 1.82) is 0 Å². The Balaban J connectivity index is 2.07. The van der Waals surface area contributed by atoms with Crippen LogP contribution in [0.5, 0.6) is 0 Å². The van der Waals surface area contributed by atoms with Gasteiger partial charge in [-0.1, -0.05) is 44.2 Å². The lowest BCUT2D eigenvalue weighted by Gasteiger charge is -2.28. The summed E-state index contributed by atoms with van der Waals surface area (Å²) in [6.07, 6.45) is 9.55. The van der Waals surface area contributed by atoms with Crippen LogP contribution in [0.3, 0.4) is 0 Å². The first-order valence-electron chi connectivity index (χ1n) is 7.92. The average molecular weight is 298 g/mol. The van der Waals surface area contributed by atoms with E-state index in [4.69, 9.17) is 17.3 Å². The zero-order valence-corrected chi connectivity index (χ0v) is 13.8. The Morgan fingerprint density at radius 1 is 1.40 bits per heavy atom. The molecule has 1 aliphatic rings. The highest BCUT2D eigenvalue weighted by atomic mass is 35.5. The Hall–Kier alpha value is -0.540. The number of nitrogens with zero attached hydrogens (tertiary/aromatic N) is 2. The summed E-state index contributed by atoms with van der Waals surface area (Å²) in [4.78, 5) is 0. The topological polar surface area (TPSA) is 43.8 Å². The van der Waals surface area contributed by atoms with Gasteiger partial charge >= 0.3 is 0 Å². The van der Waals surface area contributed by atoms with Crippen LogP contribution in [0, 0.1) is 12.8 Å². The molecule has 2 atom stereocenters. The highest BCUT2D eigenvalue weighted by molar-refractivity contribution is 6.31. The lowest BCUT2D eigenvalue weighted by atomic mass is 9.85. The van der Waals surface area contributed by atoms with Crippen molar-refractivity contribution < 1.29 is 0 Å². The minimum atomic E-state index is -0.105. The molecule has 0 saturated heterocycles. The second-order valence-electron chi connectivity index (χ2n) is 6.59. The monoisotopic (exact) mass is 297 g/mol. The fourth-order valence-corrected chi connectivity index (χ4v) is 3.81. The van der Waals surface area contributed by atoms with Crippen LogP contribution in [0.15, 0.2) is 0 Å². The highest BCUT2D eigenvalue weighted by Crippen LogP contribution is 2.34. The van der Waals surface area contributed by atoms with E-state index in [0.29, 0.717) is 0 Å². The summed E-state index contributed by atoms with van der Waals surface area (Å²) in [7, 11) is 1.97. The second-order valence-corrected chi connectivity index (χ2v) is 6.97. The van der Waals surface area contributed by atoms with Gasteiger partial charge < -0.3 is 5.73 Å². The molecule has 3 nitrogen and oxygen atoms in total. The van der Waals surface area contributed by atoms with Crippen molar-refractivity contribution in [3.8, 4) is 0 Å². The third-order valence-electron chi connectivity index (χ3n) is 4.82. The smallest absolute Gasteiger partial charge is 0.0847 e. The van der Waals surface area contributed by atoms with Gasteiger partial charge in [-0.25, -0.2) is 0 Å². The minimum Gasteiger partial charge on any atom is -0.325 e. The molecule has 0 aromatic carbocycles. The Morgan fingerprint density at radius 2 is 2.15 bits per heavy atom. The molecule has 0 bridgehead atoms. The van der Waals surface area contributed by atoms with E-state index in [1.165, 1.54) is 32.1 Å². The lowest BCUT2D eigenvalue weighted by molar-refractivity contribution is 0.348. The SMILES string of the molecule is CCCC1CCCC(N)(Cc2c(Cl)c(C)nn2C)CC1. The first-order chi connectivity index (χ1) is 9.45. The van der Waals surface area contributed by atoms with Gasteiger partial charge in [0, 0.05) is 19.0 Å². The number of aryl methyl sites for hydroxylation is 2. The number of nitrogens with two attached hydrogens (primary N) is 1. The molecule has 0 amide bonds. The molecule has 2 rings (SSSR count). The summed E-state index contributed by atoms with van der Waals surface area (Å²) >= 11 is 6.38. The number of aromatic nitrogens is 2. The standard InChI is InChI=1S/C16H28ClN3/c1-4-6-13-7-5-9-16(18,10-8-13)11-14-15(17)12(2)19-20(14)3/h13H,4-11,18H2,1-3H3. The first kappa shape index (κ1) is 15.8. The summed E-state index contributed by atoms with van der Waals surface area (Å²) in [5.41, 5.74) is 8.60. The van der Waals surface area contributed by atoms with Crippen molar-refractivity contribution in [2.75, 3.05) is 0 Å². The molecular formula is C16H28ClN3. The Bertz CT molecular complexity index is 455. The third kappa shape index (κ3) is 3.56. The summed E-state index contributed by atoms with van der Waals surface area (Å²) in [6.45, 7) is 4.23. The van der Waals surface area contributed by atoms with Crippen LogP contribution in [-0.2, 0) is 13.5 Å². The molecule has 0 spiro atoms. The van der Waals surface area contributed by atoms with Crippen molar-refractivity contribution in [1.82, 2.24) is 9.78 Å². The Labute approximate surface area is 127 Å². The van der Waals surface area contributed by atoms with Gasteiger partial charge in [-0.2, -0.15) is 5.10 Å². The molecule has 1 aliphatic carbocycles. The summed E-state index contributed by atoms with van der Waals surface area (Å²) in [5, 5.41) is 5.20. The zero-order valence-electron chi connectivity index (χ0n) is 13.1. The predicted molar refractivity (Wildman–Crippen MR) is 85.1 cm³/mol. The van der Waals surface area contributed by atoms with Gasteiger partial charge in [0.05, 0.1) is 16.4 Å². The number of halogens is 1. The van der Waals surface area contributed by atoms with Crippen molar-refractivity contribution >= 4 is 11.6 Å². The normalized spacial score (nSPS) is 27.6. The van der Waals surface area contributed by atoms with E-state index in [1.54, 1.807) is 0 Å². The zero-order chi connectivity index (χ0) is 14.8. The van der Waals surface area contributed by atoms with Crippen LogP contribution >= 0.6 is 11.6 Å². The van der Waals surface area contributed by atoms with E-state index >= 15 is 0 Å². The van der Waals surface area contributed by atoms with E-state index in [-0.39, 0.29) is 5.54 Å². The number of hydrogen-bond acceptors (Lipinski definition) is 2. The van der Waals surface area contributed by atoms with Crippen LogP contribution in [-0.4, -0.2) is 15.3 Å². The third-order valence-corrected chi connectivity index (χ3v) is 5.31. The lowest BCUT2D eigenvalue weighted by Crippen LogP contribution is -2.42. The van der Waals surface area contributed by atoms with Crippen LogP contribution in [0.4, 0.5) is 0 Å². The summed E-state index contributed by atoms with van der Waals surface area (Å²) < 4.78 is 1.90. The van der Waals surface area contributed by atoms with Crippen LogP contribution in [0.2, 0.25) is 5.02 Å². The van der Waals surface area contributed by atoms with E-state index in [9.17, 15) is 0 Å². The molecule has 114 valence electrons. The molecule has 20 heavy (non-hydrogen) atoms. The molecule has 0 radical (unpaired) electrons. The second kappa shape index (κ2) is 6.48. The summed E-state index contributed by atoms with van der Waals surface area (Å²) in [5.74, 6) is 0.870. The molecule has 1 aromatic heterocycles. The average Bonchev–Trinajstić information content (AvgIpc) is 2.56. The highest BCUT2D eigenvalue weighted by Gasteiger charge is 2.31. The van der Waals surface area contributed by atoms with Crippen LogP contribution in [0.25, 0.3) is 0 Å². The van der Waals surface area contributed by atoms with Gasteiger partial charge in [0.15, 0.2) is 0 Å². The fourth-order valence-electron chi connectivity index (χ4n) is 3.58. The van der Waals surface area contributed by atoms with E-state index in [2.05, 4.69) is 12.0 Å². The molecule has 1 saturated carbocycles. The summed E-state index contributed by atoms with van der Waals surface area (Å²) in [6, 6.07) is 0. The Morgan fingerprint density at radius 3 is 2.75 bits per heavy atom. The molecule has 0 aliphatic heterocycles. The van der Waals surface area contributed by atoms with Crippen LogP contribution < -0.4 is 5.73 Å². The maximum Gasteiger partial charge on any atom is 0.0847 e. The largest absolute Gasteiger partial charge is 0.325 e. The van der Waals surface area contributed by atoms with Crippen LogP contribution in [0.1, 0.15) is 63.3 Å². The van der Waals surface area contributed by atoms with Crippen molar-refractivity contribution in [2.24, 2.45) is 18.7 Å². The van der Waals surface area contributed by atoms with Crippen molar-refractivity contribution in [3.63, 3.8) is 0 Å². The van der Waals surface area contributed by atoms with E-state index < -0.39 is 0 Å². The fraction of sp³-hybridized carbons (Fsp3) is 0.812. The van der Waals surface area contributed by atoms with Gasteiger partial charge in [0.2, 0.25) is 0 Å². The van der Waals surface area contributed by atoms with Gasteiger partial charge in [0.1, 0.15) is 0 Å². The molecule has 2 unspecified atom stereocenters. The van der Waals surface area contributed by atoms with Gasteiger partial charge in [-0.3, -0.25) is 4.68 Å². The van der Waals surface area contributed by atoms with Gasteiger partial charge in [-0.15, -0.1) is 0 Å². The van der Waals surface area contributed by atoms with E-state index in [1.807, 2.05) is 18.7 Å². The molecule has 1 aromatic rings. The Kier molecular flexibility index (Phi) is 5.14. The minimum absolute atomic E-state index is 0.105. The maximum atomic E-state index is 6.70. The predicted octanol–water partition coefficient (Wildman–Crippen LogP) is 4.00. The van der Waals surface area contributed by atoms with Gasteiger partial charge in [-0.05, 0) is 32.1 Å². The molecule has 2 N–H and O–H groups in total.